The van der Waals surface area contributed by atoms with Crippen LogP contribution in [0.1, 0.15) is 28.9 Å². The minimum atomic E-state index is -0.250. The standard InChI is InChI=1S/C20H22N6O2.CH2O2/c1-25-16(5-8-24-25)19(27)23-10-14-15-11-26(12-20(15)6-4-17(14)28-20)18-13(9-21)3-2-7-22-18;2-1-3/h2-3,5,7-8,14-15,17H,4,6,10-12H2,1H3,(H,23,27);1H,(H,2,3)/t14-,15+,17+,20+;/m0./s1. The molecule has 10 nitrogen and oxygen atoms in total. The molecule has 1 spiro atoms. The van der Waals surface area contributed by atoms with Gasteiger partial charge in [-0.3, -0.25) is 14.3 Å². The monoisotopic (exact) mass is 424 g/mol. The molecular formula is C21H24N6O4. The Hall–Kier alpha value is -3.45. The van der Waals surface area contributed by atoms with Gasteiger partial charge in [-0.05, 0) is 31.0 Å². The Morgan fingerprint density at radius 2 is 2.29 bits per heavy atom. The molecule has 2 aromatic heterocycles. The maximum Gasteiger partial charge on any atom is 0.290 e. The lowest BCUT2D eigenvalue weighted by atomic mass is 9.73. The molecule has 162 valence electrons. The van der Waals surface area contributed by atoms with Gasteiger partial charge in [-0.15, -0.1) is 0 Å². The third-order valence-electron chi connectivity index (χ3n) is 6.54. The van der Waals surface area contributed by atoms with Crippen LogP contribution in [0.3, 0.4) is 0 Å². The molecule has 3 aliphatic heterocycles. The summed E-state index contributed by atoms with van der Waals surface area (Å²) in [6, 6.07) is 7.55. The predicted octanol–water partition coefficient (Wildman–Crippen LogP) is 0.801. The largest absolute Gasteiger partial charge is 0.483 e. The molecule has 5 heterocycles. The number of nitrogens with one attached hydrogen (secondary N) is 1. The highest BCUT2D eigenvalue weighted by Crippen LogP contribution is 2.55. The molecule has 0 aliphatic carbocycles. The first-order chi connectivity index (χ1) is 15.0. The summed E-state index contributed by atoms with van der Waals surface area (Å²) in [5.41, 5.74) is 0.963. The molecule has 0 saturated carbocycles. The number of carbonyl (C=O) groups is 2. The highest BCUT2D eigenvalue weighted by Gasteiger charge is 2.63. The van der Waals surface area contributed by atoms with E-state index in [1.807, 2.05) is 0 Å². The number of carbonyl (C=O) groups excluding carboxylic acids is 1. The summed E-state index contributed by atoms with van der Waals surface area (Å²) >= 11 is 0. The van der Waals surface area contributed by atoms with Crippen LogP contribution in [0.2, 0.25) is 0 Å². The minimum absolute atomic E-state index is 0.108. The Morgan fingerprint density at radius 1 is 1.48 bits per heavy atom. The molecule has 5 rings (SSSR count). The Labute approximate surface area is 179 Å². The number of aromatic nitrogens is 3. The first-order valence-electron chi connectivity index (χ1n) is 10.1. The molecule has 4 atom stereocenters. The zero-order valence-electron chi connectivity index (χ0n) is 17.1. The van der Waals surface area contributed by atoms with Gasteiger partial charge in [-0.2, -0.15) is 10.4 Å². The van der Waals surface area contributed by atoms with Gasteiger partial charge in [0.2, 0.25) is 0 Å². The van der Waals surface area contributed by atoms with Crippen molar-refractivity contribution in [2.24, 2.45) is 18.9 Å². The number of anilines is 1. The van der Waals surface area contributed by atoms with Gasteiger partial charge in [0.15, 0.2) is 0 Å². The summed E-state index contributed by atoms with van der Waals surface area (Å²) in [7, 11) is 1.76. The van der Waals surface area contributed by atoms with Gasteiger partial charge < -0.3 is 20.1 Å². The highest BCUT2D eigenvalue weighted by molar-refractivity contribution is 5.92. The Kier molecular flexibility index (Phi) is 5.61. The third-order valence-corrected chi connectivity index (χ3v) is 6.54. The van der Waals surface area contributed by atoms with Crippen LogP contribution in [-0.4, -0.2) is 63.6 Å². The van der Waals surface area contributed by atoms with Crippen LogP contribution in [0, 0.1) is 23.2 Å². The van der Waals surface area contributed by atoms with Crippen LogP contribution >= 0.6 is 0 Å². The first-order valence-corrected chi connectivity index (χ1v) is 10.1. The number of hydrogen-bond acceptors (Lipinski definition) is 7. The van der Waals surface area contributed by atoms with Gasteiger partial charge in [-0.25, -0.2) is 4.98 Å². The summed E-state index contributed by atoms with van der Waals surface area (Å²) in [5.74, 6) is 1.22. The van der Waals surface area contributed by atoms with E-state index in [1.165, 1.54) is 0 Å². The van der Waals surface area contributed by atoms with Crippen molar-refractivity contribution in [2.75, 3.05) is 24.5 Å². The quantitative estimate of drug-likeness (QED) is 0.689. The van der Waals surface area contributed by atoms with E-state index in [9.17, 15) is 10.1 Å². The van der Waals surface area contributed by atoms with E-state index in [1.54, 1.807) is 42.3 Å². The van der Waals surface area contributed by atoms with E-state index in [0.29, 0.717) is 23.7 Å². The van der Waals surface area contributed by atoms with Gasteiger partial charge in [0.25, 0.3) is 12.4 Å². The molecule has 0 unspecified atom stereocenters. The van der Waals surface area contributed by atoms with Gasteiger partial charge in [0.05, 0.1) is 17.3 Å². The van der Waals surface area contributed by atoms with Crippen molar-refractivity contribution in [3.8, 4) is 6.07 Å². The summed E-state index contributed by atoms with van der Waals surface area (Å²) < 4.78 is 8.03. The molecule has 3 aliphatic rings. The molecular weight excluding hydrogens is 400 g/mol. The molecule has 0 radical (unpaired) electrons. The van der Waals surface area contributed by atoms with Crippen molar-refractivity contribution in [3.05, 3.63) is 41.9 Å². The number of carboxylic acid groups (broad SMARTS) is 1. The fourth-order valence-electron chi connectivity index (χ4n) is 5.26. The molecule has 0 aromatic carbocycles. The summed E-state index contributed by atoms with van der Waals surface area (Å²) in [6.45, 7) is 1.89. The molecule has 3 saturated heterocycles. The fourth-order valence-corrected chi connectivity index (χ4v) is 5.26. The van der Waals surface area contributed by atoms with E-state index in [2.05, 4.69) is 26.4 Å². The van der Waals surface area contributed by atoms with Gasteiger partial charge in [-0.1, -0.05) is 0 Å². The van der Waals surface area contributed by atoms with E-state index in [4.69, 9.17) is 14.6 Å². The number of ether oxygens (including phenoxy) is 1. The SMILES string of the molecule is Cn1nccc1C(=O)NC[C@H]1[C@H]2CN(c3ncccc3C#N)C[C@]23CC[C@H]1O3.O=CO. The Balaban J connectivity index is 0.000000730. The van der Waals surface area contributed by atoms with Crippen LogP contribution in [-0.2, 0) is 16.6 Å². The van der Waals surface area contributed by atoms with Crippen molar-refractivity contribution >= 4 is 18.2 Å². The van der Waals surface area contributed by atoms with E-state index >= 15 is 0 Å². The summed E-state index contributed by atoms with van der Waals surface area (Å²) in [4.78, 5) is 27.5. The molecule has 2 aromatic rings. The van der Waals surface area contributed by atoms with E-state index < -0.39 is 0 Å². The van der Waals surface area contributed by atoms with E-state index in [0.717, 1.165) is 31.7 Å². The average Bonchev–Trinajstić information content (AvgIpc) is 3.53. The Morgan fingerprint density at radius 3 is 3.00 bits per heavy atom. The third kappa shape index (κ3) is 3.61. The molecule has 10 heteroatoms. The Bertz CT molecular complexity index is 1020. The van der Waals surface area contributed by atoms with Crippen LogP contribution in [0.15, 0.2) is 30.6 Å². The molecule has 3 fully saturated rings. The molecule has 1 amide bonds. The lowest BCUT2D eigenvalue weighted by Crippen LogP contribution is -2.42. The summed E-state index contributed by atoms with van der Waals surface area (Å²) in [6.07, 6.45) is 5.59. The van der Waals surface area contributed by atoms with Crippen molar-refractivity contribution in [3.63, 3.8) is 0 Å². The van der Waals surface area contributed by atoms with Crippen LogP contribution in [0.5, 0.6) is 0 Å². The summed E-state index contributed by atoms with van der Waals surface area (Å²) in [5, 5.41) is 23.4. The molecule has 31 heavy (non-hydrogen) atoms. The lowest BCUT2D eigenvalue weighted by molar-refractivity contribution is -0.122. The molecule has 2 bridgehead atoms. The van der Waals surface area contributed by atoms with Crippen molar-refractivity contribution in [1.82, 2.24) is 20.1 Å². The topological polar surface area (TPSA) is 133 Å². The van der Waals surface area contributed by atoms with Crippen molar-refractivity contribution < 1.29 is 19.4 Å². The minimum Gasteiger partial charge on any atom is -0.483 e. The number of aryl methyl sites for hydroxylation is 1. The predicted molar refractivity (Wildman–Crippen MR) is 109 cm³/mol. The number of fused-ring (bicyclic) bond motifs is 1. The zero-order chi connectivity index (χ0) is 22.0. The van der Waals surface area contributed by atoms with Crippen LogP contribution in [0.4, 0.5) is 5.82 Å². The second kappa shape index (κ2) is 8.35. The van der Waals surface area contributed by atoms with Crippen molar-refractivity contribution in [1.29, 1.82) is 5.26 Å². The van der Waals surface area contributed by atoms with Crippen molar-refractivity contribution in [2.45, 2.75) is 24.5 Å². The maximum absolute atomic E-state index is 12.5. The fraction of sp³-hybridized carbons (Fsp3) is 0.476. The zero-order valence-corrected chi connectivity index (χ0v) is 17.1. The first kappa shape index (κ1) is 20.8. The normalized spacial score (nSPS) is 27.7. The highest BCUT2D eigenvalue weighted by atomic mass is 16.5. The number of hydrogen-bond donors (Lipinski definition) is 2. The number of nitriles is 1. The number of rotatable bonds is 4. The van der Waals surface area contributed by atoms with E-state index in [-0.39, 0.29) is 30.0 Å². The van der Waals surface area contributed by atoms with Gasteiger partial charge >= 0.3 is 0 Å². The van der Waals surface area contributed by atoms with Crippen LogP contribution < -0.4 is 10.2 Å². The second-order valence-corrected chi connectivity index (χ2v) is 8.05. The number of nitrogens with zero attached hydrogens (tertiary/aromatic N) is 5. The van der Waals surface area contributed by atoms with Crippen LogP contribution in [0.25, 0.3) is 0 Å². The smallest absolute Gasteiger partial charge is 0.290 e. The van der Waals surface area contributed by atoms with Gasteiger partial charge in [0.1, 0.15) is 17.6 Å². The maximum atomic E-state index is 12.5. The number of amides is 1. The second-order valence-electron chi connectivity index (χ2n) is 8.05. The average molecular weight is 424 g/mol. The number of pyridine rings is 1. The lowest BCUT2D eigenvalue weighted by Gasteiger charge is -2.29. The van der Waals surface area contributed by atoms with Gasteiger partial charge in [0, 0.05) is 50.9 Å². The molecule has 2 N–H and O–H groups in total.